The molecule has 1 heterocycles. The van der Waals surface area contributed by atoms with Crippen LogP contribution in [0.15, 0.2) is 42.6 Å². The minimum absolute atomic E-state index is 0.0746. The summed E-state index contributed by atoms with van der Waals surface area (Å²) >= 11 is 0. The zero-order chi connectivity index (χ0) is 28.5. The first-order chi connectivity index (χ1) is 18.8. The van der Waals surface area contributed by atoms with Gasteiger partial charge in [0.2, 0.25) is 17.8 Å². The van der Waals surface area contributed by atoms with Crippen LogP contribution < -0.4 is 21.3 Å². The van der Waals surface area contributed by atoms with Crippen LogP contribution in [0.1, 0.15) is 31.2 Å². The molecule has 0 saturated carbocycles. The van der Waals surface area contributed by atoms with E-state index in [1.807, 2.05) is 19.0 Å². The molecule has 39 heavy (non-hydrogen) atoms. The monoisotopic (exact) mass is 539 g/mol. The van der Waals surface area contributed by atoms with Crippen LogP contribution >= 0.6 is 0 Å². The minimum atomic E-state index is -0.350. The van der Waals surface area contributed by atoms with E-state index < -0.39 is 0 Å². The Bertz CT molecular complexity index is 1160. The summed E-state index contributed by atoms with van der Waals surface area (Å²) in [6.07, 6.45) is 6.72. The first kappa shape index (κ1) is 31.2. The number of hydrogen-bond acceptors (Lipinski definition) is 8. The van der Waals surface area contributed by atoms with Gasteiger partial charge in [0, 0.05) is 58.4 Å². The average molecular weight is 540 g/mol. The summed E-state index contributed by atoms with van der Waals surface area (Å²) < 4.78 is 18.8. The number of benzene rings is 1. The highest BCUT2D eigenvalue weighted by Gasteiger charge is 2.11. The molecule has 1 aromatic carbocycles. The van der Waals surface area contributed by atoms with Crippen molar-refractivity contribution < 1.29 is 18.7 Å². The maximum atomic E-state index is 13.4. The molecule has 0 saturated heterocycles. The lowest BCUT2D eigenvalue weighted by Crippen LogP contribution is -2.33. The van der Waals surface area contributed by atoms with Crippen LogP contribution in [0, 0.1) is 17.7 Å². The predicted octanol–water partition coefficient (Wildman–Crippen LogP) is 2.68. The third-order valence-electron chi connectivity index (χ3n) is 5.40. The van der Waals surface area contributed by atoms with E-state index in [1.54, 1.807) is 38.6 Å². The summed E-state index contributed by atoms with van der Waals surface area (Å²) in [4.78, 5) is 34.6. The molecule has 2 aromatic rings. The molecule has 1 atom stereocenters. The summed E-state index contributed by atoms with van der Waals surface area (Å²) in [7, 11) is 7.15. The Kier molecular flexibility index (Phi) is 14.0. The third kappa shape index (κ3) is 12.9. The van der Waals surface area contributed by atoms with Crippen molar-refractivity contribution in [3.8, 4) is 11.8 Å². The standard InChI is InChI=1S/C28H38FN7O3/c1-30-27-21(19-33-28(35-27)34-23-12-8-11-22(29)18-23)10-6-5-7-16-31-26(38)15-14-24(39-4)20-32-25(37)13-9-17-36(2)3/h8-9,11-13,18-19,24H,5,7,14-17,20H2,1-4H3,(H,31,38)(H,32,37)(H2,30,33,34,35)/b13-9+/t24-/m0/s1. The Morgan fingerprint density at radius 1 is 1.26 bits per heavy atom. The third-order valence-corrected chi connectivity index (χ3v) is 5.40. The van der Waals surface area contributed by atoms with Crippen LogP contribution in [0.25, 0.3) is 0 Å². The number of carbonyl (C=O) groups excluding carboxylic acids is 2. The molecule has 0 bridgehead atoms. The van der Waals surface area contributed by atoms with Crippen LogP contribution in [0.2, 0.25) is 0 Å². The van der Waals surface area contributed by atoms with Crippen molar-refractivity contribution >= 4 is 29.3 Å². The SMILES string of the molecule is CNc1nc(Nc2cccc(F)c2)ncc1C#CCCCNC(=O)CC[C@@H](CNC(=O)/C=C/CN(C)C)OC. The van der Waals surface area contributed by atoms with Crippen molar-refractivity contribution in [2.24, 2.45) is 0 Å². The normalized spacial score (nSPS) is 11.5. The molecular formula is C28H38FN7O3. The lowest BCUT2D eigenvalue weighted by molar-refractivity contribution is -0.121. The van der Waals surface area contributed by atoms with E-state index in [0.29, 0.717) is 68.3 Å². The van der Waals surface area contributed by atoms with Crippen LogP contribution in [-0.2, 0) is 14.3 Å². The Morgan fingerprint density at radius 3 is 2.79 bits per heavy atom. The van der Waals surface area contributed by atoms with Crippen LogP contribution in [0.4, 0.5) is 21.8 Å². The number of anilines is 3. The molecule has 0 fully saturated rings. The van der Waals surface area contributed by atoms with Gasteiger partial charge in [-0.15, -0.1) is 0 Å². The second-order valence-electron chi connectivity index (χ2n) is 8.90. The number of rotatable bonds is 15. The Morgan fingerprint density at radius 2 is 2.08 bits per heavy atom. The molecule has 0 aliphatic carbocycles. The maximum absolute atomic E-state index is 13.4. The van der Waals surface area contributed by atoms with E-state index in [0.717, 1.165) is 0 Å². The number of hydrogen-bond donors (Lipinski definition) is 4. The predicted molar refractivity (Wildman–Crippen MR) is 151 cm³/mol. The van der Waals surface area contributed by atoms with E-state index in [2.05, 4.69) is 43.1 Å². The zero-order valence-electron chi connectivity index (χ0n) is 23.0. The Hall–Kier alpha value is -4.01. The quantitative estimate of drug-likeness (QED) is 0.155. The molecule has 0 unspecified atom stereocenters. The molecule has 11 heteroatoms. The number of aromatic nitrogens is 2. The van der Waals surface area contributed by atoms with E-state index in [1.165, 1.54) is 18.2 Å². The number of nitrogens with zero attached hydrogens (tertiary/aromatic N) is 3. The fourth-order valence-electron chi connectivity index (χ4n) is 3.31. The smallest absolute Gasteiger partial charge is 0.243 e. The second kappa shape index (κ2) is 17.5. The van der Waals surface area contributed by atoms with Gasteiger partial charge in [0.15, 0.2) is 0 Å². The summed E-state index contributed by atoms with van der Waals surface area (Å²) in [6.45, 7) is 1.53. The van der Waals surface area contributed by atoms with Gasteiger partial charge in [0.25, 0.3) is 0 Å². The minimum Gasteiger partial charge on any atom is -0.380 e. The summed E-state index contributed by atoms with van der Waals surface area (Å²) in [5.74, 6) is 6.39. The fourth-order valence-corrected chi connectivity index (χ4v) is 3.31. The topological polar surface area (TPSA) is 121 Å². The van der Waals surface area contributed by atoms with Gasteiger partial charge in [-0.2, -0.15) is 4.98 Å². The summed E-state index contributed by atoms with van der Waals surface area (Å²) in [5, 5.41) is 11.6. The molecule has 0 aliphatic heterocycles. The molecular weight excluding hydrogens is 501 g/mol. The van der Waals surface area contributed by atoms with Gasteiger partial charge in [-0.3, -0.25) is 9.59 Å². The van der Waals surface area contributed by atoms with Crippen LogP contribution in [-0.4, -0.2) is 80.7 Å². The second-order valence-corrected chi connectivity index (χ2v) is 8.90. The number of unbranched alkanes of at least 4 members (excludes halogenated alkanes) is 1. The van der Waals surface area contributed by atoms with E-state index >= 15 is 0 Å². The number of likely N-dealkylation sites (N-methyl/N-ethyl adjacent to an activating group) is 1. The van der Waals surface area contributed by atoms with E-state index in [9.17, 15) is 14.0 Å². The van der Waals surface area contributed by atoms with Gasteiger partial charge in [0.1, 0.15) is 11.6 Å². The highest BCUT2D eigenvalue weighted by Crippen LogP contribution is 2.17. The molecule has 10 nitrogen and oxygen atoms in total. The van der Waals surface area contributed by atoms with E-state index in [-0.39, 0.29) is 23.7 Å². The molecule has 2 amide bonds. The lowest BCUT2D eigenvalue weighted by Gasteiger charge is -2.15. The molecule has 4 N–H and O–H groups in total. The van der Waals surface area contributed by atoms with Crippen molar-refractivity contribution in [2.75, 3.05) is 58.5 Å². The van der Waals surface area contributed by atoms with Crippen molar-refractivity contribution in [1.82, 2.24) is 25.5 Å². The molecule has 0 radical (unpaired) electrons. The number of halogens is 1. The lowest BCUT2D eigenvalue weighted by atomic mass is 10.2. The van der Waals surface area contributed by atoms with Crippen molar-refractivity contribution in [3.05, 3.63) is 54.0 Å². The number of nitrogens with one attached hydrogen (secondary N) is 4. The van der Waals surface area contributed by atoms with Crippen molar-refractivity contribution in [2.45, 2.75) is 31.8 Å². The number of ether oxygens (including phenoxy) is 1. The van der Waals surface area contributed by atoms with Gasteiger partial charge in [0.05, 0.1) is 17.9 Å². The largest absolute Gasteiger partial charge is 0.380 e. The Balaban J connectivity index is 1.69. The maximum Gasteiger partial charge on any atom is 0.243 e. The first-order valence-electron chi connectivity index (χ1n) is 12.8. The highest BCUT2D eigenvalue weighted by atomic mass is 19.1. The number of carbonyl (C=O) groups is 2. The van der Waals surface area contributed by atoms with Gasteiger partial charge in [-0.05, 0) is 45.1 Å². The van der Waals surface area contributed by atoms with E-state index in [4.69, 9.17) is 4.74 Å². The van der Waals surface area contributed by atoms with Gasteiger partial charge in [-0.1, -0.05) is 24.0 Å². The molecule has 2 rings (SSSR count). The van der Waals surface area contributed by atoms with Crippen LogP contribution in [0.5, 0.6) is 0 Å². The summed E-state index contributed by atoms with van der Waals surface area (Å²) in [6, 6.07) is 6.05. The van der Waals surface area contributed by atoms with Gasteiger partial charge < -0.3 is 30.9 Å². The number of methoxy groups -OCH3 is 1. The molecule has 0 spiro atoms. The van der Waals surface area contributed by atoms with Crippen LogP contribution in [0.3, 0.4) is 0 Å². The average Bonchev–Trinajstić information content (AvgIpc) is 2.91. The molecule has 210 valence electrons. The first-order valence-corrected chi connectivity index (χ1v) is 12.8. The number of amides is 2. The zero-order valence-corrected chi connectivity index (χ0v) is 23.0. The van der Waals surface area contributed by atoms with Gasteiger partial charge >= 0.3 is 0 Å². The summed E-state index contributed by atoms with van der Waals surface area (Å²) in [5.41, 5.74) is 1.18. The highest BCUT2D eigenvalue weighted by molar-refractivity contribution is 5.87. The van der Waals surface area contributed by atoms with Crippen molar-refractivity contribution in [1.29, 1.82) is 0 Å². The van der Waals surface area contributed by atoms with Crippen molar-refractivity contribution in [3.63, 3.8) is 0 Å². The fraction of sp³-hybridized carbons (Fsp3) is 0.429. The van der Waals surface area contributed by atoms with Gasteiger partial charge in [-0.25, -0.2) is 9.37 Å². The molecule has 0 aliphatic rings. The molecule has 1 aromatic heterocycles. The Labute approximate surface area is 229 Å².